The molecule has 1 aliphatic rings. The van der Waals surface area contributed by atoms with Crippen molar-refractivity contribution in [3.05, 3.63) is 11.9 Å². The lowest BCUT2D eigenvalue weighted by Crippen LogP contribution is -2.23. The summed E-state index contributed by atoms with van der Waals surface area (Å²) < 4.78 is 0. The maximum Gasteiger partial charge on any atom is 0.0918 e. The smallest absolute Gasteiger partial charge is 0.0918 e. The number of hydrogen-bond donors (Lipinski definition) is 2. The highest BCUT2D eigenvalue weighted by atomic mass is 35.5. The number of hydrogen-bond acceptors (Lipinski definition) is 2. The molecule has 1 rings (SSSR count). The molecule has 0 fully saturated rings. The van der Waals surface area contributed by atoms with Crippen LogP contribution in [-0.4, -0.2) is 6.54 Å². The number of nitrogens with one attached hydrogen (secondary N) is 1. The molecule has 0 unspecified atom stereocenters. The first-order chi connectivity index (χ1) is 3.39. The molecular formula is C5H11ClN2. The Morgan fingerprint density at radius 1 is 1.62 bits per heavy atom. The van der Waals surface area contributed by atoms with E-state index in [1.54, 1.807) is 0 Å². The van der Waals surface area contributed by atoms with Gasteiger partial charge in [-0.05, 0) is 18.9 Å². The van der Waals surface area contributed by atoms with Crippen LogP contribution in [0, 0.1) is 0 Å². The van der Waals surface area contributed by atoms with Crippen molar-refractivity contribution in [3.8, 4) is 0 Å². The van der Waals surface area contributed by atoms with Gasteiger partial charge in [0, 0.05) is 6.54 Å². The second kappa shape index (κ2) is 3.61. The van der Waals surface area contributed by atoms with Crippen molar-refractivity contribution >= 4 is 12.4 Å². The highest BCUT2D eigenvalue weighted by molar-refractivity contribution is 5.85. The van der Waals surface area contributed by atoms with E-state index in [2.05, 4.69) is 5.32 Å². The Labute approximate surface area is 55.5 Å². The summed E-state index contributed by atoms with van der Waals surface area (Å²) in [5.41, 5.74) is 5.38. The Kier molecular flexibility index (Phi) is 3.44. The van der Waals surface area contributed by atoms with Gasteiger partial charge in [-0.3, -0.25) is 0 Å². The molecule has 8 heavy (non-hydrogen) atoms. The van der Waals surface area contributed by atoms with Crippen molar-refractivity contribution in [3.63, 3.8) is 0 Å². The third-order valence-electron chi connectivity index (χ3n) is 1.07. The van der Waals surface area contributed by atoms with Gasteiger partial charge in [-0.2, -0.15) is 0 Å². The van der Waals surface area contributed by atoms with E-state index in [4.69, 9.17) is 5.73 Å². The summed E-state index contributed by atoms with van der Waals surface area (Å²) >= 11 is 0. The van der Waals surface area contributed by atoms with Crippen LogP contribution >= 0.6 is 12.4 Å². The molecule has 0 saturated carbocycles. The quantitative estimate of drug-likeness (QED) is 0.509. The van der Waals surface area contributed by atoms with Gasteiger partial charge in [0.05, 0.1) is 5.82 Å². The molecule has 0 radical (unpaired) electrons. The fourth-order valence-electron chi connectivity index (χ4n) is 0.665. The van der Waals surface area contributed by atoms with E-state index in [0.29, 0.717) is 0 Å². The average Bonchev–Trinajstić information content (AvgIpc) is 1.69. The third kappa shape index (κ3) is 2.07. The molecule has 48 valence electrons. The van der Waals surface area contributed by atoms with Crippen molar-refractivity contribution < 1.29 is 0 Å². The maximum absolute atomic E-state index is 5.38. The number of rotatable bonds is 0. The van der Waals surface area contributed by atoms with Gasteiger partial charge in [0.2, 0.25) is 0 Å². The van der Waals surface area contributed by atoms with Crippen molar-refractivity contribution in [1.29, 1.82) is 0 Å². The van der Waals surface area contributed by atoms with Crippen molar-refractivity contribution in [2.24, 2.45) is 5.73 Å². The van der Waals surface area contributed by atoms with Gasteiger partial charge in [0.15, 0.2) is 0 Å². The first kappa shape index (κ1) is 7.63. The van der Waals surface area contributed by atoms with Crippen LogP contribution in [-0.2, 0) is 0 Å². The highest BCUT2D eigenvalue weighted by Crippen LogP contribution is 1.96. The van der Waals surface area contributed by atoms with E-state index in [1.165, 1.54) is 6.42 Å². The summed E-state index contributed by atoms with van der Waals surface area (Å²) in [4.78, 5) is 0. The largest absolute Gasteiger partial charge is 0.386 e. The molecule has 0 atom stereocenters. The third-order valence-corrected chi connectivity index (χ3v) is 1.07. The Morgan fingerprint density at radius 3 is 2.62 bits per heavy atom. The lowest BCUT2D eigenvalue weighted by molar-refractivity contribution is 0.683. The molecule has 1 aliphatic heterocycles. The Morgan fingerprint density at radius 2 is 2.38 bits per heavy atom. The Bertz CT molecular complexity index is 90.4. The Balaban J connectivity index is 0.000000490. The molecule has 1 heterocycles. The molecule has 2 nitrogen and oxygen atoms in total. The topological polar surface area (TPSA) is 38.0 Å². The zero-order valence-corrected chi connectivity index (χ0v) is 5.50. The van der Waals surface area contributed by atoms with E-state index >= 15 is 0 Å². The number of nitrogens with two attached hydrogens (primary N) is 1. The molecule has 0 aliphatic carbocycles. The van der Waals surface area contributed by atoms with E-state index < -0.39 is 0 Å². The first-order valence-corrected chi connectivity index (χ1v) is 2.59. The predicted octanol–water partition coefficient (Wildman–Crippen LogP) is 0.592. The summed E-state index contributed by atoms with van der Waals surface area (Å²) in [5.74, 6) is 0.839. The van der Waals surface area contributed by atoms with Crippen LogP contribution in [0.15, 0.2) is 11.9 Å². The van der Waals surface area contributed by atoms with Gasteiger partial charge in [0.25, 0.3) is 0 Å². The number of allylic oxidation sites excluding steroid dienone is 1. The molecular weight excluding hydrogens is 124 g/mol. The molecule has 3 heteroatoms. The minimum absolute atomic E-state index is 0. The summed E-state index contributed by atoms with van der Waals surface area (Å²) in [6.07, 6.45) is 4.38. The molecule has 0 aromatic carbocycles. The van der Waals surface area contributed by atoms with E-state index in [0.717, 1.165) is 18.8 Å². The van der Waals surface area contributed by atoms with E-state index in [9.17, 15) is 0 Å². The van der Waals surface area contributed by atoms with Gasteiger partial charge in [0.1, 0.15) is 0 Å². The van der Waals surface area contributed by atoms with Crippen molar-refractivity contribution in [1.82, 2.24) is 5.32 Å². The second-order valence-corrected chi connectivity index (χ2v) is 1.73. The zero-order chi connectivity index (χ0) is 5.11. The van der Waals surface area contributed by atoms with Crippen LogP contribution < -0.4 is 11.1 Å². The minimum atomic E-state index is 0. The van der Waals surface area contributed by atoms with Gasteiger partial charge in [-0.1, -0.05) is 0 Å². The fraction of sp³-hybridized carbons (Fsp3) is 0.600. The summed E-state index contributed by atoms with van der Waals surface area (Å²) in [6, 6.07) is 0. The van der Waals surface area contributed by atoms with Crippen LogP contribution in [0.2, 0.25) is 0 Å². The Hall–Kier alpha value is -0.370. The fourth-order valence-corrected chi connectivity index (χ4v) is 0.665. The normalized spacial score (nSPS) is 17.8. The molecule has 0 bridgehead atoms. The second-order valence-electron chi connectivity index (χ2n) is 1.73. The molecule has 0 saturated heterocycles. The molecule has 0 aromatic heterocycles. The number of halogens is 1. The van der Waals surface area contributed by atoms with E-state index in [-0.39, 0.29) is 12.4 Å². The van der Waals surface area contributed by atoms with Crippen molar-refractivity contribution in [2.75, 3.05) is 6.54 Å². The van der Waals surface area contributed by atoms with Crippen LogP contribution in [0.1, 0.15) is 12.8 Å². The maximum atomic E-state index is 5.38. The van der Waals surface area contributed by atoms with Crippen LogP contribution in [0.3, 0.4) is 0 Å². The molecule has 3 N–H and O–H groups in total. The predicted molar refractivity (Wildman–Crippen MR) is 36.8 cm³/mol. The van der Waals surface area contributed by atoms with Gasteiger partial charge < -0.3 is 11.1 Å². The lowest BCUT2D eigenvalue weighted by atomic mass is 10.2. The van der Waals surface area contributed by atoms with Gasteiger partial charge in [-0.25, -0.2) is 0 Å². The summed E-state index contributed by atoms with van der Waals surface area (Å²) in [5, 5.41) is 3.02. The van der Waals surface area contributed by atoms with Crippen LogP contribution in [0.5, 0.6) is 0 Å². The SMILES string of the molecule is Cl.NC1=CCCCN1. The van der Waals surface area contributed by atoms with Gasteiger partial charge >= 0.3 is 0 Å². The summed E-state index contributed by atoms with van der Waals surface area (Å²) in [6.45, 7) is 1.04. The average molecular weight is 135 g/mol. The highest BCUT2D eigenvalue weighted by Gasteiger charge is 1.93. The van der Waals surface area contributed by atoms with Crippen LogP contribution in [0.25, 0.3) is 0 Å². The molecule has 0 amide bonds. The standard InChI is InChI=1S/C5H10N2.ClH/c6-5-3-1-2-4-7-5;/h3,7H,1-2,4,6H2;1H. The zero-order valence-electron chi connectivity index (χ0n) is 4.68. The first-order valence-electron chi connectivity index (χ1n) is 2.59. The van der Waals surface area contributed by atoms with Crippen molar-refractivity contribution in [2.45, 2.75) is 12.8 Å². The van der Waals surface area contributed by atoms with Gasteiger partial charge in [-0.15, -0.1) is 12.4 Å². The van der Waals surface area contributed by atoms with E-state index in [1.807, 2.05) is 6.08 Å². The van der Waals surface area contributed by atoms with Crippen LogP contribution in [0.4, 0.5) is 0 Å². The lowest BCUT2D eigenvalue weighted by Gasteiger charge is -2.09. The minimum Gasteiger partial charge on any atom is -0.386 e. The molecule has 0 spiro atoms. The monoisotopic (exact) mass is 134 g/mol. The summed E-state index contributed by atoms with van der Waals surface area (Å²) in [7, 11) is 0. The molecule has 0 aromatic rings.